The Kier molecular flexibility index (Phi) is 9.75. The Morgan fingerprint density at radius 3 is 1.35 bits per heavy atom. The molecule has 0 amide bonds. The van der Waals surface area contributed by atoms with E-state index in [4.69, 9.17) is 9.97 Å². The number of benzene rings is 12. The number of fused-ring (bicyclic) bond motifs is 8. The van der Waals surface area contributed by atoms with Crippen molar-refractivity contribution in [3.05, 3.63) is 271 Å². The van der Waals surface area contributed by atoms with Crippen LogP contribution in [0.5, 0.6) is 0 Å². The maximum atomic E-state index is 14.9. The third-order valence-electron chi connectivity index (χ3n) is 16.6. The molecule has 1 aliphatic heterocycles. The number of hydrogen-bond donors (Lipinski definition) is 1. The van der Waals surface area contributed by atoms with Crippen LogP contribution in [0.2, 0.25) is 0 Å². The van der Waals surface area contributed by atoms with Gasteiger partial charge in [0.25, 0.3) is 5.56 Å². The molecule has 16 rings (SSSR count). The van der Waals surface area contributed by atoms with Gasteiger partial charge < -0.3 is 5.11 Å². The fourth-order valence-corrected chi connectivity index (χ4v) is 12.9. The van der Waals surface area contributed by atoms with Gasteiger partial charge >= 0.3 is 0 Å². The molecule has 0 aliphatic carbocycles. The zero-order chi connectivity index (χ0) is 52.5. The van der Waals surface area contributed by atoms with E-state index < -0.39 is 5.72 Å². The second-order valence-electron chi connectivity index (χ2n) is 21.0. The molecule has 6 heteroatoms. The fraction of sp³-hybridized carbons (Fsp3) is 0.0274. The predicted octanol–water partition coefficient (Wildman–Crippen LogP) is 17.5. The molecular weight excluding hydrogens is 965 g/mol. The molecule has 3 aromatic heterocycles. The van der Waals surface area contributed by atoms with E-state index in [0.29, 0.717) is 11.0 Å². The van der Waals surface area contributed by atoms with Crippen LogP contribution in [-0.2, 0) is 5.72 Å². The van der Waals surface area contributed by atoms with Gasteiger partial charge in [-0.05, 0) is 121 Å². The van der Waals surface area contributed by atoms with Gasteiger partial charge in [-0.15, -0.1) is 0 Å². The SMILES string of the molecule is CC1(O)c2cccc3c(-c4ccc(-c5ccc(-c6ccc7c(=O)n8c(nc9cc(-c%10ccccc%10)cc(-c%10ccccc%10)c98)c8cccc6c78)cc5)cc4)ccc(c23)-c2nc3cc(-c4ccccc4)cc(-c4ccccc4)c3n21. The lowest BCUT2D eigenvalue weighted by molar-refractivity contribution is 0.0314. The van der Waals surface area contributed by atoms with Crippen LogP contribution in [0, 0.1) is 0 Å². The Balaban J connectivity index is 0.756. The maximum absolute atomic E-state index is 14.9. The lowest BCUT2D eigenvalue weighted by Crippen LogP contribution is -2.34. The van der Waals surface area contributed by atoms with E-state index in [1.165, 1.54) is 0 Å². The molecule has 1 aliphatic rings. The molecule has 370 valence electrons. The summed E-state index contributed by atoms with van der Waals surface area (Å²) in [5.41, 5.74) is 19.3. The monoisotopic (exact) mass is 1010 g/mol. The minimum atomic E-state index is -1.40. The number of rotatable bonds is 7. The summed E-state index contributed by atoms with van der Waals surface area (Å²) in [5.74, 6) is 0.744. The summed E-state index contributed by atoms with van der Waals surface area (Å²) in [5, 5.41) is 18.5. The molecule has 0 saturated carbocycles. The van der Waals surface area contributed by atoms with E-state index in [1.54, 1.807) is 0 Å². The van der Waals surface area contributed by atoms with Crippen molar-refractivity contribution in [2.45, 2.75) is 12.6 Å². The summed E-state index contributed by atoms with van der Waals surface area (Å²) in [6, 6.07) is 88.7. The minimum absolute atomic E-state index is 0.0769. The molecule has 1 unspecified atom stereocenters. The van der Waals surface area contributed by atoms with Gasteiger partial charge in [-0.3, -0.25) is 13.8 Å². The zero-order valence-corrected chi connectivity index (χ0v) is 42.9. The third kappa shape index (κ3) is 6.78. The first kappa shape index (κ1) is 45.0. The van der Waals surface area contributed by atoms with Crippen LogP contribution in [0.3, 0.4) is 0 Å². The van der Waals surface area contributed by atoms with Gasteiger partial charge in [-0.1, -0.05) is 218 Å². The van der Waals surface area contributed by atoms with Crippen LogP contribution in [-0.4, -0.2) is 24.0 Å². The van der Waals surface area contributed by atoms with E-state index in [9.17, 15) is 9.90 Å². The minimum Gasteiger partial charge on any atom is -0.367 e. The van der Waals surface area contributed by atoms with E-state index in [2.05, 4.69) is 212 Å². The van der Waals surface area contributed by atoms with Crippen LogP contribution in [0.25, 0.3) is 149 Å². The first-order valence-electron chi connectivity index (χ1n) is 26.8. The van der Waals surface area contributed by atoms with Crippen molar-refractivity contribution in [1.82, 2.24) is 18.9 Å². The topological polar surface area (TPSA) is 72.4 Å². The molecule has 12 aromatic carbocycles. The van der Waals surface area contributed by atoms with Crippen molar-refractivity contribution in [3.63, 3.8) is 0 Å². The second kappa shape index (κ2) is 17.1. The second-order valence-corrected chi connectivity index (χ2v) is 21.0. The average molecular weight is 1010 g/mol. The van der Waals surface area contributed by atoms with Crippen LogP contribution in [0.4, 0.5) is 0 Å². The average Bonchev–Trinajstić information content (AvgIpc) is 4.31. The largest absolute Gasteiger partial charge is 0.367 e. The summed E-state index contributed by atoms with van der Waals surface area (Å²) in [6.07, 6.45) is 0. The standard InChI is InChI=1S/C73H46N4O2/c1-73(79)63-27-15-25-57-55(36-38-59(67(57)63)71-75-65-43-53(45-18-8-3-9-19-45)41-62(69(65)77(71)73)49-22-12-5-13-23-49)51-34-30-47(31-35-51)46-28-32-50(33-29-46)54-37-39-60-66-56(54)24-14-26-58(66)70-74-64-42-52(44-16-6-2-7-17-44)40-61(48-20-10-4-11-21-48)68(64)76(70)72(60)78/h2-43,79H,1H3. The van der Waals surface area contributed by atoms with E-state index >= 15 is 0 Å². The van der Waals surface area contributed by atoms with Crippen molar-refractivity contribution < 1.29 is 5.11 Å². The Morgan fingerprint density at radius 2 is 0.785 bits per heavy atom. The molecule has 0 saturated heterocycles. The molecule has 0 bridgehead atoms. The first-order chi connectivity index (χ1) is 38.9. The molecule has 1 atom stereocenters. The van der Waals surface area contributed by atoms with Gasteiger partial charge in [0.2, 0.25) is 0 Å². The lowest BCUT2D eigenvalue weighted by Gasteiger charge is -2.35. The highest BCUT2D eigenvalue weighted by atomic mass is 16.3. The van der Waals surface area contributed by atoms with Crippen LogP contribution in [0.1, 0.15) is 12.5 Å². The summed E-state index contributed by atoms with van der Waals surface area (Å²) in [7, 11) is 0. The highest BCUT2D eigenvalue weighted by Crippen LogP contribution is 2.50. The van der Waals surface area contributed by atoms with Crippen molar-refractivity contribution in [2.24, 2.45) is 0 Å². The first-order valence-corrected chi connectivity index (χ1v) is 26.8. The number of hydrogen-bond acceptors (Lipinski definition) is 4. The number of aliphatic hydroxyl groups is 1. The van der Waals surface area contributed by atoms with E-state index in [1.807, 2.05) is 58.4 Å². The van der Waals surface area contributed by atoms with Crippen LogP contribution >= 0.6 is 0 Å². The van der Waals surface area contributed by atoms with Gasteiger partial charge in [0.15, 0.2) is 5.72 Å². The molecule has 0 spiro atoms. The molecule has 4 heterocycles. The molecule has 0 fully saturated rings. The van der Waals surface area contributed by atoms with Gasteiger partial charge in [0.1, 0.15) is 11.5 Å². The van der Waals surface area contributed by atoms with E-state index in [0.717, 1.165) is 144 Å². The third-order valence-corrected chi connectivity index (χ3v) is 16.6. The zero-order valence-electron chi connectivity index (χ0n) is 42.9. The molecule has 1 N–H and O–H groups in total. The summed E-state index contributed by atoms with van der Waals surface area (Å²) >= 11 is 0. The summed E-state index contributed by atoms with van der Waals surface area (Å²) in [4.78, 5) is 25.5. The van der Waals surface area contributed by atoms with Gasteiger partial charge in [0.05, 0.1) is 22.1 Å². The quantitative estimate of drug-likeness (QED) is 0.173. The van der Waals surface area contributed by atoms with E-state index in [-0.39, 0.29) is 5.56 Å². The predicted molar refractivity (Wildman–Crippen MR) is 324 cm³/mol. The van der Waals surface area contributed by atoms with Gasteiger partial charge in [-0.25, -0.2) is 9.97 Å². The molecule has 0 radical (unpaired) electrons. The molecule has 79 heavy (non-hydrogen) atoms. The number of nitrogens with zero attached hydrogens (tertiary/aromatic N) is 4. The van der Waals surface area contributed by atoms with Crippen molar-refractivity contribution in [3.8, 4) is 89.3 Å². The lowest BCUT2D eigenvalue weighted by atomic mass is 9.85. The Morgan fingerprint density at radius 1 is 0.354 bits per heavy atom. The highest BCUT2D eigenvalue weighted by Gasteiger charge is 2.39. The van der Waals surface area contributed by atoms with Crippen LogP contribution in [0.15, 0.2) is 260 Å². The summed E-state index contributed by atoms with van der Waals surface area (Å²) in [6.45, 7) is 1.90. The van der Waals surface area contributed by atoms with Crippen molar-refractivity contribution in [1.29, 1.82) is 0 Å². The van der Waals surface area contributed by atoms with Gasteiger partial charge in [-0.2, -0.15) is 0 Å². The summed E-state index contributed by atoms with van der Waals surface area (Å²) < 4.78 is 3.88. The van der Waals surface area contributed by atoms with Gasteiger partial charge in [0, 0.05) is 43.8 Å². The maximum Gasteiger partial charge on any atom is 0.264 e. The molecule has 15 aromatic rings. The number of imidazole rings is 2. The number of aromatic nitrogens is 4. The molecular formula is C73H46N4O2. The Hall–Kier alpha value is -10.3. The Labute approximate surface area is 454 Å². The Bertz CT molecular complexity index is 5010. The fourth-order valence-electron chi connectivity index (χ4n) is 12.9. The van der Waals surface area contributed by atoms with Crippen molar-refractivity contribution >= 4 is 60.0 Å². The molecule has 6 nitrogen and oxygen atoms in total. The smallest absolute Gasteiger partial charge is 0.264 e. The highest BCUT2D eigenvalue weighted by molar-refractivity contribution is 6.20. The normalized spacial score (nSPS) is 14.1. The van der Waals surface area contributed by atoms with Crippen LogP contribution < -0.4 is 5.56 Å². The van der Waals surface area contributed by atoms with Crippen molar-refractivity contribution in [2.75, 3.05) is 0 Å². The number of pyridine rings is 1.